The first-order chi connectivity index (χ1) is 9.81. The van der Waals surface area contributed by atoms with Crippen molar-refractivity contribution in [3.63, 3.8) is 0 Å². The second-order valence-corrected chi connectivity index (χ2v) is 6.73. The molecule has 0 bridgehead atoms. The first-order valence-corrected chi connectivity index (χ1v) is 7.94. The lowest BCUT2D eigenvalue weighted by molar-refractivity contribution is 0.275. The molecule has 0 amide bonds. The zero-order valence-electron chi connectivity index (χ0n) is 10.5. The fraction of sp³-hybridized carbons (Fsp3) is 0.0769. The van der Waals surface area contributed by atoms with Gasteiger partial charge in [-0.2, -0.15) is 0 Å². The van der Waals surface area contributed by atoms with Gasteiger partial charge < -0.3 is 5.11 Å². The quantitative estimate of drug-likeness (QED) is 0.888. The molecule has 0 aliphatic rings. The van der Waals surface area contributed by atoms with Gasteiger partial charge in [-0.05, 0) is 36.4 Å². The molecule has 0 aromatic heterocycles. The van der Waals surface area contributed by atoms with Gasteiger partial charge in [0.25, 0.3) is 10.0 Å². The predicted octanol–water partition coefficient (Wildman–Crippen LogP) is 3.43. The Kier molecular flexibility index (Phi) is 4.73. The summed E-state index contributed by atoms with van der Waals surface area (Å²) in [4.78, 5) is -0.177. The Labute approximate surface area is 131 Å². The molecule has 0 atom stereocenters. The molecule has 0 unspecified atom stereocenters. The van der Waals surface area contributed by atoms with Gasteiger partial charge in [0.2, 0.25) is 0 Å². The number of sulfonamides is 1. The summed E-state index contributed by atoms with van der Waals surface area (Å²) in [6.07, 6.45) is 0. The molecule has 0 aliphatic heterocycles. The molecule has 0 saturated carbocycles. The van der Waals surface area contributed by atoms with Crippen LogP contribution in [-0.4, -0.2) is 13.5 Å². The highest BCUT2D eigenvalue weighted by atomic mass is 35.5. The summed E-state index contributed by atoms with van der Waals surface area (Å²) in [6, 6.07) is 7.38. The number of nitrogens with one attached hydrogen (secondary N) is 1. The van der Waals surface area contributed by atoms with Crippen LogP contribution < -0.4 is 4.72 Å². The van der Waals surface area contributed by atoms with Crippen molar-refractivity contribution in [2.75, 3.05) is 4.72 Å². The third-order valence-corrected chi connectivity index (χ3v) is 4.43. The molecule has 0 radical (unpaired) electrons. The summed E-state index contributed by atoms with van der Waals surface area (Å²) in [5.41, 5.74) is 0.0735. The van der Waals surface area contributed by atoms with E-state index in [9.17, 15) is 12.8 Å². The van der Waals surface area contributed by atoms with Crippen LogP contribution in [0.3, 0.4) is 0 Å². The van der Waals surface area contributed by atoms with E-state index in [1.165, 1.54) is 18.2 Å². The standard InChI is InChI=1S/C13H10Cl2FNO3S/c14-9-4-10(15)6-11(5-9)17-21(19,20)12-1-2-13(16)8(3-12)7-18/h1-6,17-18H,7H2. The molecule has 4 nitrogen and oxygen atoms in total. The SMILES string of the molecule is O=S(=O)(Nc1cc(Cl)cc(Cl)c1)c1ccc(F)c(CO)c1. The minimum absolute atomic E-state index is 0.109. The summed E-state index contributed by atoms with van der Waals surface area (Å²) in [5, 5.41) is 9.53. The zero-order chi connectivity index (χ0) is 15.6. The lowest BCUT2D eigenvalue weighted by atomic mass is 10.2. The number of aliphatic hydroxyl groups excluding tert-OH is 1. The van der Waals surface area contributed by atoms with Crippen molar-refractivity contribution < 1.29 is 17.9 Å². The Morgan fingerprint density at radius 2 is 1.71 bits per heavy atom. The van der Waals surface area contributed by atoms with Crippen molar-refractivity contribution in [2.45, 2.75) is 11.5 Å². The van der Waals surface area contributed by atoms with Gasteiger partial charge >= 0.3 is 0 Å². The van der Waals surface area contributed by atoms with Crippen LogP contribution >= 0.6 is 23.2 Å². The number of halogens is 3. The average molecular weight is 350 g/mol. The Morgan fingerprint density at radius 1 is 1.10 bits per heavy atom. The topological polar surface area (TPSA) is 66.4 Å². The predicted molar refractivity (Wildman–Crippen MR) is 79.6 cm³/mol. The number of benzene rings is 2. The molecule has 0 heterocycles. The molecular formula is C13H10Cl2FNO3S. The first-order valence-electron chi connectivity index (χ1n) is 5.70. The van der Waals surface area contributed by atoms with Gasteiger partial charge in [-0.1, -0.05) is 23.2 Å². The summed E-state index contributed by atoms with van der Waals surface area (Å²) in [5.74, 6) is -0.678. The summed E-state index contributed by atoms with van der Waals surface area (Å²) in [6.45, 7) is -0.599. The van der Waals surface area contributed by atoms with Crippen LogP contribution in [-0.2, 0) is 16.6 Å². The van der Waals surface area contributed by atoms with E-state index in [0.717, 1.165) is 18.2 Å². The number of hydrogen-bond donors (Lipinski definition) is 2. The molecular weight excluding hydrogens is 340 g/mol. The van der Waals surface area contributed by atoms with Gasteiger partial charge in [-0.3, -0.25) is 4.72 Å². The van der Waals surface area contributed by atoms with E-state index in [2.05, 4.69) is 4.72 Å². The van der Waals surface area contributed by atoms with E-state index in [1.54, 1.807) is 0 Å². The third-order valence-electron chi connectivity index (χ3n) is 2.61. The van der Waals surface area contributed by atoms with Gasteiger partial charge in [0.1, 0.15) is 5.82 Å². The maximum Gasteiger partial charge on any atom is 0.261 e. The van der Waals surface area contributed by atoms with Crippen molar-refractivity contribution in [3.8, 4) is 0 Å². The highest BCUT2D eigenvalue weighted by molar-refractivity contribution is 7.92. The van der Waals surface area contributed by atoms with E-state index in [0.29, 0.717) is 0 Å². The highest BCUT2D eigenvalue weighted by Crippen LogP contribution is 2.25. The van der Waals surface area contributed by atoms with Crippen LogP contribution in [0.15, 0.2) is 41.3 Å². The van der Waals surface area contributed by atoms with Crippen LogP contribution in [0.25, 0.3) is 0 Å². The average Bonchev–Trinajstić information content (AvgIpc) is 2.37. The van der Waals surface area contributed by atoms with E-state index < -0.39 is 22.4 Å². The zero-order valence-corrected chi connectivity index (χ0v) is 12.8. The van der Waals surface area contributed by atoms with E-state index in [-0.39, 0.29) is 26.2 Å². The summed E-state index contributed by atoms with van der Waals surface area (Å²) >= 11 is 11.6. The van der Waals surface area contributed by atoms with E-state index in [1.807, 2.05) is 0 Å². The van der Waals surface area contributed by atoms with Crippen LogP contribution in [0, 0.1) is 5.82 Å². The number of aliphatic hydroxyl groups is 1. The number of rotatable bonds is 4. The molecule has 2 rings (SSSR count). The molecule has 2 aromatic rings. The fourth-order valence-corrected chi connectivity index (χ4v) is 3.28. The highest BCUT2D eigenvalue weighted by Gasteiger charge is 2.16. The van der Waals surface area contributed by atoms with Crippen molar-refractivity contribution in [1.82, 2.24) is 0 Å². The molecule has 2 N–H and O–H groups in total. The van der Waals surface area contributed by atoms with Crippen molar-refractivity contribution in [3.05, 3.63) is 57.8 Å². The summed E-state index contributed by atoms with van der Waals surface area (Å²) < 4.78 is 40.0. The van der Waals surface area contributed by atoms with Crippen molar-refractivity contribution in [2.24, 2.45) is 0 Å². The Hall–Kier alpha value is -1.34. The maximum atomic E-state index is 13.3. The van der Waals surface area contributed by atoms with Crippen molar-refractivity contribution in [1.29, 1.82) is 0 Å². The number of hydrogen-bond acceptors (Lipinski definition) is 3. The van der Waals surface area contributed by atoms with E-state index in [4.69, 9.17) is 28.3 Å². The van der Waals surface area contributed by atoms with Crippen molar-refractivity contribution >= 4 is 38.9 Å². The largest absolute Gasteiger partial charge is 0.392 e. The van der Waals surface area contributed by atoms with Gasteiger partial charge in [-0.25, -0.2) is 12.8 Å². The molecule has 2 aromatic carbocycles. The normalized spacial score (nSPS) is 11.4. The minimum atomic E-state index is -3.94. The van der Waals surface area contributed by atoms with Gasteiger partial charge in [-0.15, -0.1) is 0 Å². The van der Waals surface area contributed by atoms with Crippen LogP contribution in [0.4, 0.5) is 10.1 Å². The number of anilines is 1. The molecule has 21 heavy (non-hydrogen) atoms. The summed E-state index contributed by atoms with van der Waals surface area (Å²) in [7, 11) is -3.94. The maximum absolute atomic E-state index is 13.3. The molecule has 8 heteroatoms. The van der Waals surface area contributed by atoms with E-state index >= 15 is 0 Å². The Balaban J connectivity index is 2.38. The minimum Gasteiger partial charge on any atom is -0.392 e. The van der Waals surface area contributed by atoms with Gasteiger partial charge in [0, 0.05) is 15.6 Å². The van der Waals surface area contributed by atoms with Gasteiger partial charge in [0.15, 0.2) is 0 Å². The molecule has 0 saturated heterocycles. The molecule has 112 valence electrons. The van der Waals surface area contributed by atoms with Crippen LogP contribution in [0.2, 0.25) is 10.0 Å². The van der Waals surface area contributed by atoms with Gasteiger partial charge in [0.05, 0.1) is 17.2 Å². The Bertz CT molecular complexity index is 761. The molecule has 0 aliphatic carbocycles. The lowest BCUT2D eigenvalue weighted by Gasteiger charge is -2.10. The lowest BCUT2D eigenvalue weighted by Crippen LogP contribution is -2.13. The monoisotopic (exact) mass is 349 g/mol. The van der Waals surface area contributed by atoms with Crippen LogP contribution in [0.5, 0.6) is 0 Å². The third kappa shape index (κ3) is 3.85. The fourth-order valence-electron chi connectivity index (χ4n) is 1.67. The Morgan fingerprint density at radius 3 is 2.29 bits per heavy atom. The van der Waals surface area contributed by atoms with Crippen LogP contribution in [0.1, 0.15) is 5.56 Å². The molecule has 0 fully saturated rings. The second-order valence-electron chi connectivity index (χ2n) is 4.17. The molecule has 0 spiro atoms. The smallest absolute Gasteiger partial charge is 0.261 e. The first kappa shape index (κ1) is 16.0. The second kappa shape index (κ2) is 6.19.